The zero-order chi connectivity index (χ0) is 13.2. The average molecular weight is 245 g/mol. The molecule has 96 valence electrons. The molecule has 0 unspecified atom stereocenters. The van der Waals surface area contributed by atoms with E-state index in [4.69, 9.17) is 0 Å². The smallest absolute Gasteiger partial charge is 0.254 e. The Bertz CT molecular complexity index is 457. The lowest BCUT2D eigenvalue weighted by Crippen LogP contribution is -2.46. The number of nitrogens with zero attached hydrogens (tertiary/aromatic N) is 1. The molecule has 0 atom stereocenters. The summed E-state index contributed by atoms with van der Waals surface area (Å²) in [6, 6.07) is 10.2. The van der Waals surface area contributed by atoms with Gasteiger partial charge in [-0.05, 0) is 31.4 Å². The molecular formula is C15H19NO2. The zero-order valence-corrected chi connectivity index (χ0v) is 10.9. The molecule has 3 nitrogen and oxygen atoms in total. The highest BCUT2D eigenvalue weighted by molar-refractivity contribution is 5.85. The molecule has 1 heterocycles. The minimum absolute atomic E-state index is 0.203. The van der Waals surface area contributed by atoms with Crippen LogP contribution in [0.25, 0.3) is 5.57 Å². The van der Waals surface area contributed by atoms with Crippen molar-refractivity contribution >= 4 is 11.5 Å². The number of carbonyl (C=O) groups excluding carboxylic acids is 1. The fraction of sp³-hybridized carbons (Fsp3) is 0.400. The first-order chi connectivity index (χ1) is 8.48. The summed E-state index contributed by atoms with van der Waals surface area (Å²) >= 11 is 0. The van der Waals surface area contributed by atoms with Gasteiger partial charge in [0, 0.05) is 13.1 Å². The highest BCUT2D eigenvalue weighted by Gasteiger charge is 2.30. The number of hydrogen-bond donors (Lipinski definition) is 1. The van der Waals surface area contributed by atoms with E-state index in [1.807, 2.05) is 18.2 Å². The van der Waals surface area contributed by atoms with Crippen LogP contribution in [0.1, 0.15) is 25.8 Å². The van der Waals surface area contributed by atoms with E-state index in [0.29, 0.717) is 13.1 Å². The fourth-order valence-electron chi connectivity index (χ4n) is 2.15. The molecule has 2 rings (SSSR count). The van der Waals surface area contributed by atoms with Gasteiger partial charge in [0.1, 0.15) is 5.60 Å². The summed E-state index contributed by atoms with van der Waals surface area (Å²) in [4.78, 5) is 13.6. The second-order valence-electron chi connectivity index (χ2n) is 5.16. The Kier molecular flexibility index (Phi) is 3.53. The van der Waals surface area contributed by atoms with E-state index >= 15 is 0 Å². The normalized spacial score (nSPS) is 16.4. The van der Waals surface area contributed by atoms with Crippen LogP contribution in [0.5, 0.6) is 0 Å². The lowest BCUT2D eigenvalue weighted by Gasteiger charge is -2.31. The summed E-state index contributed by atoms with van der Waals surface area (Å²) in [6.45, 7) is 4.31. The van der Waals surface area contributed by atoms with Crippen LogP contribution in [0.2, 0.25) is 0 Å². The van der Waals surface area contributed by atoms with Crippen molar-refractivity contribution in [3.8, 4) is 0 Å². The standard InChI is InChI=1S/C15H19NO2/c1-15(2,18)14(17)16-10-8-13(9-11-16)12-6-4-3-5-7-12/h3-8,18H,9-11H2,1-2H3. The first kappa shape index (κ1) is 12.8. The van der Waals surface area contributed by atoms with Gasteiger partial charge in [-0.3, -0.25) is 4.79 Å². The predicted octanol–water partition coefficient (Wildman–Crippen LogP) is 2.07. The van der Waals surface area contributed by atoms with Crippen LogP contribution in [-0.4, -0.2) is 34.6 Å². The second-order valence-corrected chi connectivity index (χ2v) is 5.16. The topological polar surface area (TPSA) is 40.5 Å². The first-order valence-corrected chi connectivity index (χ1v) is 6.24. The molecular weight excluding hydrogens is 226 g/mol. The molecule has 0 aliphatic carbocycles. The SMILES string of the molecule is CC(C)(O)C(=O)N1CC=C(c2ccccc2)CC1. The van der Waals surface area contributed by atoms with Crippen molar-refractivity contribution in [3.63, 3.8) is 0 Å². The van der Waals surface area contributed by atoms with E-state index in [1.54, 1.807) is 4.90 Å². The van der Waals surface area contributed by atoms with Crippen LogP contribution in [0.3, 0.4) is 0 Å². The van der Waals surface area contributed by atoms with E-state index in [2.05, 4.69) is 18.2 Å². The summed E-state index contributed by atoms with van der Waals surface area (Å²) in [7, 11) is 0. The van der Waals surface area contributed by atoms with E-state index in [-0.39, 0.29) is 5.91 Å². The largest absolute Gasteiger partial charge is 0.381 e. The second kappa shape index (κ2) is 4.94. The van der Waals surface area contributed by atoms with E-state index in [1.165, 1.54) is 25.0 Å². The molecule has 0 saturated heterocycles. The third kappa shape index (κ3) is 2.79. The Morgan fingerprint density at radius 1 is 1.28 bits per heavy atom. The van der Waals surface area contributed by atoms with Gasteiger partial charge in [-0.1, -0.05) is 36.4 Å². The first-order valence-electron chi connectivity index (χ1n) is 6.24. The van der Waals surface area contributed by atoms with E-state index in [9.17, 15) is 9.90 Å². The van der Waals surface area contributed by atoms with E-state index in [0.717, 1.165) is 6.42 Å². The van der Waals surface area contributed by atoms with Gasteiger partial charge in [-0.25, -0.2) is 0 Å². The monoisotopic (exact) mass is 245 g/mol. The summed E-state index contributed by atoms with van der Waals surface area (Å²) < 4.78 is 0. The molecule has 0 fully saturated rings. The molecule has 0 radical (unpaired) electrons. The Hall–Kier alpha value is -1.61. The zero-order valence-electron chi connectivity index (χ0n) is 10.9. The maximum Gasteiger partial charge on any atom is 0.254 e. The highest BCUT2D eigenvalue weighted by atomic mass is 16.3. The maximum absolute atomic E-state index is 11.9. The summed E-state index contributed by atoms with van der Waals surface area (Å²) in [5.41, 5.74) is 1.21. The third-order valence-corrected chi connectivity index (χ3v) is 3.16. The van der Waals surface area contributed by atoms with Crippen molar-refractivity contribution in [2.45, 2.75) is 25.9 Å². The molecule has 1 aromatic carbocycles. The number of hydrogen-bond acceptors (Lipinski definition) is 2. The van der Waals surface area contributed by atoms with Gasteiger partial charge in [-0.2, -0.15) is 0 Å². The average Bonchev–Trinajstić information content (AvgIpc) is 2.38. The number of aliphatic hydroxyl groups is 1. The Morgan fingerprint density at radius 2 is 1.94 bits per heavy atom. The van der Waals surface area contributed by atoms with Crippen molar-refractivity contribution in [1.29, 1.82) is 0 Å². The van der Waals surface area contributed by atoms with Crippen molar-refractivity contribution < 1.29 is 9.90 Å². The molecule has 1 N–H and O–H groups in total. The van der Waals surface area contributed by atoms with Gasteiger partial charge < -0.3 is 10.0 Å². The van der Waals surface area contributed by atoms with Gasteiger partial charge >= 0.3 is 0 Å². The van der Waals surface area contributed by atoms with Crippen LogP contribution in [-0.2, 0) is 4.79 Å². The van der Waals surface area contributed by atoms with Crippen molar-refractivity contribution in [2.24, 2.45) is 0 Å². The van der Waals surface area contributed by atoms with Crippen LogP contribution >= 0.6 is 0 Å². The minimum Gasteiger partial charge on any atom is -0.381 e. The molecule has 0 spiro atoms. The Labute approximate surface area is 108 Å². The minimum atomic E-state index is -1.28. The van der Waals surface area contributed by atoms with Gasteiger partial charge in [0.05, 0.1) is 0 Å². The number of carbonyl (C=O) groups is 1. The maximum atomic E-state index is 11.9. The Balaban J connectivity index is 2.07. The van der Waals surface area contributed by atoms with Crippen LogP contribution in [0.15, 0.2) is 36.4 Å². The summed E-state index contributed by atoms with van der Waals surface area (Å²) in [6.07, 6.45) is 2.91. The molecule has 1 aliphatic rings. The molecule has 1 amide bonds. The molecule has 0 bridgehead atoms. The molecule has 0 aromatic heterocycles. The number of rotatable bonds is 2. The van der Waals surface area contributed by atoms with Gasteiger partial charge in [-0.15, -0.1) is 0 Å². The van der Waals surface area contributed by atoms with Gasteiger partial charge in [0.25, 0.3) is 5.91 Å². The van der Waals surface area contributed by atoms with Gasteiger partial charge in [0.2, 0.25) is 0 Å². The molecule has 0 saturated carbocycles. The lowest BCUT2D eigenvalue weighted by atomic mass is 9.98. The van der Waals surface area contributed by atoms with Crippen molar-refractivity contribution in [1.82, 2.24) is 4.90 Å². The third-order valence-electron chi connectivity index (χ3n) is 3.16. The quantitative estimate of drug-likeness (QED) is 0.866. The highest BCUT2D eigenvalue weighted by Crippen LogP contribution is 2.23. The molecule has 1 aromatic rings. The predicted molar refractivity (Wildman–Crippen MR) is 71.9 cm³/mol. The lowest BCUT2D eigenvalue weighted by molar-refractivity contribution is -0.147. The number of amides is 1. The molecule has 3 heteroatoms. The van der Waals surface area contributed by atoms with Crippen molar-refractivity contribution in [3.05, 3.63) is 42.0 Å². The van der Waals surface area contributed by atoms with Crippen LogP contribution in [0, 0.1) is 0 Å². The van der Waals surface area contributed by atoms with E-state index < -0.39 is 5.60 Å². The van der Waals surface area contributed by atoms with Gasteiger partial charge in [0.15, 0.2) is 0 Å². The fourth-order valence-corrected chi connectivity index (χ4v) is 2.15. The van der Waals surface area contributed by atoms with Crippen LogP contribution < -0.4 is 0 Å². The van der Waals surface area contributed by atoms with Crippen LogP contribution in [0.4, 0.5) is 0 Å². The molecule has 18 heavy (non-hydrogen) atoms. The summed E-state index contributed by atoms with van der Waals surface area (Å²) in [5, 5.41) is 9.71. The number of benzene rings is 1. The van der Waals surface area contributed by atoms with Crippen molar-refractivity contribution in [2.75, 3.05) is 13.1 Å². The molecule has 1 aliphatic heterocycles. The Morgan fingerprint density at radius 3 is 2.44 bits per heavy atom. The summed E-state index contributed by atoms with van der Waals surface area (Å²) in [5.74, 6) is -0.203.